The predicted molar refractivity (Wildman–Crippen MR) is 163 cm³/mol. The van der Waals surface area contributed by atoms with Crippen molar-refractivity contribution in [1.82, 2.24) is 29.0 Å². The Morgan fingerprint density at radius 2 is 1.90 bits per heavy atom. The van der Waals surface area contributed by atoms with Gasteiger partial charge in [-0.2, -0.15) is 4.98 Å². The van der Waals surface area contributed by atoms with Crippen molar-refractivity contribution in [3.8, 4) is 11.8 Å². The Morgan fingerprint density at radius 3 is 2.62 bits per heavy atom. The first kappa shape index (κ1) is 28.9. The highest BCUT2D eigenvalue weighted by Crippen LogP contribution is 2.24. The number of anilines is 1. The number of rotatable bonds is 5. The Kier molecular flexibility index (Phi) is 7.82. The Balaban J connectivity index is 1.57. The summed E-state index contributed by atoms with van der Waals surface area (Å²) in [5, 5.41) is 4.89. The van der Waals surface area contributed by atoms with Crippen molar-refractivity contribution in [1.29, 1.82) is 0 Å². The number of nitrogens with one attached hydrogen (secondary N) is 1. The number of piperidine rings is 1. The van der Waals surface area contributed by atoms with Crippen molar-refractivity contribution >= 4 is 34.0 Å². The molecule has 0 saturated carbocycles. The number of carbonyl (C=O) groups excluding carboxylic acids is 1. The molecule has 0 unspecified atom stereocenters. The van der Waals surface area contributed by atoms with Gasteiger partial charge in [0.15, 0.2) is 11.2 Å². The summed E-state index contributed by atoms with van der Waals surface area (Å²) in [5.74, 6) is 6.50. The average molecular weight is 572 g/mol. The standard InChI is InChI=1S/C31H37N7O4/c1-7-8-16-37-25-26(34-28(37)36-15-11-12-21(18-36)33-29(40)42-31(3,4)5)35(6)30(41)38(27(25)39)19-24-23-14-10-9-13-22(23)20(2)17-32-24/h9-10,13-14,17,21H,11-12,15-16,18-19H2,1-6H3,(H,33,40)/t21-/m0/s1. The number of carbonyl (C=O) groups is 1. The van der Waals surface area contributed by atoms with E-state index < -0.39 is 22.9 Å². The van der Waals surface area contributed by atoms with E-state index in [9.17, 15) is 14.4 Å². The number of benzene rings is 1. The maximum Gasteiger partial charge on any atom is 0.407 e. The molecule has 1 aromatic carbocycles. The summed E-state index contributed by atoms with van der Waals surface area (Å²) in [4.78, 5) is 51.5. The summed E-state index contributed by atoms with van der Waals surface area (Å²) in [6.45, 7) is 10.6. The Bertz CT molecular complexity index is 1850. The topological polar surface area (TPSA) is 116 Å². The molecular weight excluding hydrogens is 534 g/mol. The van der Waals surface area contributed by atoms with Crippen molar-refractivity contribution in [2.24, 2.45) is 7.05 Å². The molecule has 1 saturated heterocycles. The molecule has 4 heterocycles. The molecule has 1 N–H and O–H groups in total. The SMILES string of the molecule is CC#CCn1c(N2CCC[C@H](NC(=O)OC(C)(C)C)C2)nc2c1c(=O)n(Cc1ncc(C)c3ccccc13)c(=O)n2C. The van der Waals surface area contributed by atoms with Crippen molar-refractivity contribution in [3.05, 3.63) is 62.6 Å². The van der Waals surface area contributed by atoms with Gasteiger partial charge in [-0.25, -0.2) is 9.59 Å². The summed E-state index contributed by atoms with van der Waals surface area (Å²) in [5.41, 5.74) is 0.729. The van der Waals surface area contributed by atoms with Gasteiger partial charge in [-0.1, -0.05) is 30.2 Å². The maximum absolute atomic E-state index is 14.1. The van der Waals surface area contributed by atoms with Gasteiger partial charge in [0.05, 0.1) is 18.8 Å². The quantitative estimate of drug-likeness (QED) is 0.366. The van der Waals surface area contributed by atoms with E-state index in [1.165, 1.54) is 9.13 Å². The molecule has 42 heavy (non-hydrogen) atoms. The van der Waals surface area contributed by atoms with Gasteiger partial charge >= 0.3 is 11.8 Å². The van der Waals surface area contributed by atoms with Crippen LogP contribution in [-0.2, 0) is 24.9 Å². The van der Waals surface area contributed by atoms with Crippen molar-refractivity contribution in [3.63, 3.8) is 0 Å². The minimum absolute atomic E-state index is 0.0216. The largest absolute Gasteiger partial charge is 0.444 e. The van der Waals surface area contributed by atoms with Crippen LogP contribution in [0, 0.1) is 18.8 Å². The molecule has 4 aromatic rings. The smallest absolute Gasteiger partial charge is 0.407 e. The molecule has 220 valence electrons. The van der Waals surface area contributed by atoms with Crippen molar-refractivity contribution in [2.45, 2.75) is 72.2 Å². The van der Waals surface area contributed by atoms with E-state index in [0.717, 1.165) is 29.2 Å². The zero-order valence-electron chi connectivity index (χ0n) is 25.0. The highest BCUT2D eigenvalue weighted by molar-refractivity contribution is 5.87. The van der Waals surface area contributed by atoms with Crippen molar-refractivity contribution in [2.75, 3.05) is 18.0 Å². The molecule has 0 radical (unpaired) electrons. The van der Waals surface area contributed by atoms with Gasteiger partial charge in [0.2, 0.25) is 5.95 Å². The fourth-order valence-corrected chi connectivity index (χ4v) is 5.47. The lowest BCUT2D eigenvalue weighted by atomic mass is 10.1. The lowest BCUT2D eigenvalue weighted by molar-refractivity contribution is 0.0499. The zero-order chi connectivity index (χ0) is 30.2. The van der Waals surface area contributed by atoms with E-state index in [1.54, 1.807) is 24.7 Å². The molecule has 3 aromatic heterocycles. The lowest BCUT2D eigenvalue weighted by Crippen LogP contribution is -2.49. The number of alkyl carbamates (subject to hydrolysis) is 1. The van der Waals surface area contributed by atoms with E-state index >= 15 is 0 Å². The monoisotopic (exact) mass is 571 g/mol. The second kappa shape index (κ2) is 11.4. The predicted octanol–water partition coefficient (Wildman–Crippen LogP) is 3.32. The van der Waals surface area contributed by atoms with E-state index in [4.69, 9.17) is 9.72 Å². The summed E-state index contributed by atoms with van der Waals surface area (Å²) in [6, 6.07) is 7.68. The van der Waals surface area contributed by atoms with Gasteiger partial charge < -0.3 is 15.0 Å². The minimum Gasteiger partial charge on any atom is -0.444 e. The fourth-order valence-electron chi connectivity index (χ4n) is 5.47. The van der Waals surface area contributed by atoms with Crippen LogP contribution in [0.25, 0.3) is 21.9 Å². The average Bonchev–Trinajstić information content (AvgIpc) is 3.33. The number of nitrogens with zero attached hydrogens (tertiary/aromatic N) is 6. The van der Waals surface area contributed by atoms with E-state index in [1.807, 2.05) is 56.9 Å². The van der Waals surface area contributed by atoms with Crippen LogP contribution >= 0.6 is 0 Å². The molecule has 1 fully saturated rings. The molecule has 1 amide bonds. The number of ether oxygens (including phenoxy) is 1. The van der Waals surface area contributed by atoms with Crippen LogP contribution in [0.5, 0.6) is 0 Å². The van der Waals surface area contributed by atoms with Crippen LogP contribution in [0.4, 0.5) is 10.7 Å². The second-order valence-electron chi connectivity index (χ2n) is 11.7. The maximum atomic E-state index is 14.1. The number of fused-ring (bicyclic) bond motifs is 2. The fraction of sp³-hybridized carbons (Fsp3) is 0.452. The third-order valence-electron chi connectivity index (χ3n) is 7.44. The van der Waals surface area contributed by atoms with Gasteiger partial charge in [-0.05, 0) is 58.4 Å². The number of aromatic nitrogens is 5. The van der Waals surface area contributed by atoms with Gasteiger partial charge in [0, 0.05) is 37.8 Å². The van der Waals surface area contributed by atoms with Crippen LogP contribution in [0.2, 0.25) is 0 Å². The summed E-state index contributed by atoms with van der Waals surface area (Å²) < 4.78 is 9.86. The van der Waals surface area contributed by atoms with E-state index in [2.05, 4.69) is 22.1 Å². The molecule has 11 heteroatoms. The van der Waals surface area contributed by atoms with Gasteiger partial charge in [0.25, 0.3) is 5.56 Å². The molecule has 0 spiro atoms. The Labute approximate surface area is 244 Å². The van der Waals surface area contributed by atoms with Crippen LogP contribution < -0.4 is 21.5 Å². The minimum atomic E-state index is -0.601. The summed E-state index contributed by atoms with van der Waals surface area (Å²) in [7, 11) is 1.62. The van der Waals surface area contributed by atoms with E-state index in [-0.39, 0.29) is 24.8 Å². The summed E-state index contributed by atoms with van der Waals surface area (Å²) in [6.07, 6.45) is 2.89. The first-order valence-electron chi connectivity index (χ1n) is 14.2. The highest BCUT2D eigenvalue weighted by Gasteiger charge is 2.29. The number of amides is 1. The first-order valence-corrected chi connectivity index (χ1v) is 14.2. The van der Waals surface area contributed by atoms with Crippen LogP contribution in [-0.4, -0.2) is 54.5 Å². The third kappa shape index (κ3) is 5.62. The van der Waals surface area contributed by atoms with Crippen LogP contribution in [0.3, 0.4) is 0 Å². The molecule has 1 aliphatic heterocycles. The van der Waals surface area contributed by atoms with Crippen LogP contribution in [0.15, 0.2) is 40.1 Å². The highest BCUT2D eigenvalue weighted by atomic mass is 16.6. The first-order chi connectivity index (χ1) is 20.0. The number of imidazole rings is 1. The van der Waals surface area contributed by atoms with Gasteiger partial charge in [0.1, 0.15) is 5.60 Å². The zero-order valence-corrected chi connectivity index (χ0v) is 25.0. The van der Waals surface area contributed by atoms with E-state index in [0.29, 0.717) is 30.2 Å². The number of hydrogen-bond donors (Lipinski definition) is 1. The molecule has 0 bridgehead atoms. The van der Waals surface area contributed by atoms with Crippen LogP contribution in [0.1, 0.15) is 51.8 Å². The Morgan fingerprint density at radius 1 is 1.17 bits per heavy atom. The molecule has 11 nitrogen and oxygen atoms in total. The number of pyridine rings is 1. The third-order valence-corrected chi connectivity index (χ3v) is 7.44. The second-order valence-corrected chi connectivity index (χ2v) is 11.7. The van der Waals surface area contributed by atoms with Crippen molar-refractivity contribution < 1.29 is 9.53 Å². The molecule has 5 rings (SSSR count). The normalized spacial score (nSPS) is 15.5. The van der Waals surface area contributed by atoms with Gasteiger partial charge in [-0.3, -0.25) is 23.5 Å². The molecule has 1 aliphatic rings. The summed E-state index contributed by atoms with van der Waals surface area (Å²) >= 11 is 0. The molecule has 0 aliphatic carbocycles. The lowest BCUT2D eigenvalue weighted by Gasteiger charge is -2.34. The number of aryl methyl sites for hydroxylation is 2. The Hall–Kier alpha value is -4.59. The van der Waals surface area contributed by atoms with Gasteiger partial charge in [-0.15, -0.1) is 5.92 Å². The molecule has 1 atom stereocenters. The number of hydrogen-bond acceptors (Lipinski definition) is 7. The molecular formula is C31H37N7O4.